The van der Waals surface area contributed by atoms with Crippen molar-refractivity contribution in [2.75, 3.05) is 0 Å². The van der Waals surface area contributed by atoms with E-state index >= 15 is 0 Å². The lowest BCUT2D eigenvalue weighted by atomic mass is 10.2. The lowest BCUT2D eigenvalue weighted by Crippen LogP contribution is -2.40. The number of unbranched alkanes of at least 4 members (excludes halogenated alkanes) is 1. The molecule has 1 rings (SSSR count). The molecule has 0 bridgehead atoms. The number of aliphatic carboxylic acids is 1. The Morgan fingerprint density at radius 3 is 2.40 bits per heavy atom. The molecule has 1 aromatic rings. The maximum atomic E-state index is 12.1. The van der Waals surface area contributed by atoms with E-state index in [1.165, 1.54) is 16.4 Å². The molecule has 0 saturated carbocycles. The summed E-state index contributed by atoms with van der Waals surface area (Å²) in [7, 11) is 1.48. The zero-order valence-electron chi connectivity index (χ0n) is 13.4. The van der Waals surface area contributed by atoms with E-state index in [0.29, 0.717) is 12.8 Å². The van der Waals surface area contributed by atoms with Gasteiger partial charge in [0.15, 0.2) is 0 Å². The van der Waals surface area contributed by atoms with Crippen LogP contribution in [0.5, 0.6) is 0 Å². The third-order valence-corrected chi connectivity index (χ3v) is 5.44. The van der Waals surface area contributed by atoms with Gasteiger partial charge < -0.3 is 10.4 Å². The van der Waals surface area contributed by atoms with Crippen LogP contribution >= 0.6 is 31.9 Å². The molecule has 0 radical (unpaired) electrons. The van der Waals surface area contributed by atoms with Crippen LogP contribution in [0.2, 0.25) is 0 Å². The number of rotatable bonds is 8. The summed E-state index contributed by atoms with van der Waals surface area (Å²) >= 11 is 6.13. The Kier molecular flexibility index (Phi) is 8.12. The standard InChI is InChI=1S/C15H17Br2N3O5/c1-3-6-9(15(24)25)18-10(21)7-4-5-8-20-14(23)12(17)11(16)13(22)19(20)2/h1,9H,4-8H2,2H3,(H,18,21)(H,24,25)/t9-/m0/s1. The third-order valence-electron chi connectivity index (χ3n) is 3.44. The number of carbonyl (C=O) groups is 2. The van der Waals surface area contributed by atoms with Crippen molar-refractivity contribution in [3.63, 3.8) is 0 Å². The molecule has 1 amide bonds. The molecule has 0 aliphatic heterocycles. The molecule has 25 heavy (non-hydrogen) atoms. The normalized spacial score (nSPS) is 11.6. The van der Waals surface area contributed by atoms with E-state index in [9.17, 15) is 19.2 Å². The zero-order chi connectivity index (χ0) is 19.1. The number of halogens is 2. The topological polar surface area (TPSA) is 110 Å². The fraction of sp³-hybridized carbons (Fsp3) is 0.467. The quantitative estimate of drug-likeness (QED) is 0.424. The number of nitrogens with zero attached hydrogens (tertiary/aromatic N) is 2. The van der Waals surface area contributed by atoms with Crippen molar-refractivity contribution in [3.8, 4) is 12.3 Å². The summed E-state index contributed by atoms with van der Waals surface area (Å²) in [5, 5.41) is 11.3. The van der Waals surface area contributed by atoms with Crippen molar-refractivity contribution >= 4 is 43.7 Å². The molecule has 1 heterocycles. The van der Waals surface area contributed by atoms with E-state index in [4.69, 9.17) is 11.5 Å². The Labute approximate surface area is 160 Å². The van der Waals surface area contributed by atoms with E-state index in [-0.39, 0.29) is 39.5 Å². The Bertz CT molecular complexity index is 822. The average molecular weight is 479 g/mol. The fourth-order valence-electron chi connectivity index (χ4n) is 2.07. The highest BCUT2D eigenvalue weighted by molar-refractivity contribution is 9.13. The van der Waals surface area contributed by atoms with Crippen molar-refractivity contribution in [2.24, 2.45) is 7.05 Å². The number of aromatic nitrogens is 2. The smallest absolute Gasteiger partial charge is 0.327 e. The van der Waals surface area contributed by atoms with Crippen LogP contribution in [-0.2, 0) is 23.2 Å². The zero-order valence-corrected chi connectivity index (χ0v) is 16.6. The number of hydrogen-bond donors (Lipinski definition) is 2. The van der Waals surface area contributed by atoms with Gasteiger partial charge in [0.05, 0.1) is 0 Å². The van der Waals surface area contributed by atoms with Crippen LogP contribution in [0.4, 0.5) is 0 Å². The summed E-state index contributed by atoms with van der Waals surface area (Å²) in [6.45, 7) is 0.246. The molecular weight excluding hydrogens is 462 g/mol. The van der Waals surface area contributed by atoms with Crippen molar-refractivity contribution in [2.45, 2.75) is 38.3 Å². The fourth-order valence-corrected chi connectivity index (χ4v) is 2.87. The predicted molar refractivity (Wildman–Crippen MR) is 98.2 cm³/mol. The average Bonchev–Trinajstić information content (AvgIpc) is 2.57. The molecule has 10 heteroatoms. The molecule has 2 N–H and O–H groups in total. The minimum absolute atomic E-state index is 0.0918. The highest BCUT2D eigenvalue weighted by Crippen LogP contribution is 2.13. The SMILES string of the molecule is C#CC[C@H](NC(=O)CCCCn1c(=O)c(Br)c(Br)c(=O)n1C)C(=O)O. The number of terminal acetylenes is 1. The van der Waals surface area contributed by atoms with Crippen molar-refractivity contribution in [1.82, 2.24) is 14.7 Å². The van der Waals surface area contributed by atoms with Crippen molar-refractivity contribution in [3.05, 3.63) is 29.7 Å². The highest BCUT2D eigenvalue weighted by Gasteiger charge is 2.18. The van der Waals surface area contributed by atoms with E-state index < -0.39 is 17.9 Å². The summed E-state index contributed by atoms with van der Waals surface area (Å²) in [6, 6.07) is -1.11. The van der Waals surface area contributed by atoms with E-state index in [0.717, 1.165) is 0 Å². The van der Waals surface area contributed by atoms with Crippen LogP contribution < -0.4 is 16.4 Å². The summed E-state index contributed by atoms with van der Waals surface area (Å²) in [5.74, 6) is 0.579. The van der Waals surface area contributed by atoms with Gasteiger partial charge in [-0.25, -0.2) is 14.2 Å². The third kappa shape index (κ3) is 5.57. The minimum Gasteiger partial charge on any atom is -0.480 e. The highest BCUT2D eigenvalue weighted by atomic mass is 79.9. The Morgan fingerprint density at radius 1 is 1.24 bits per heavy atom. The van der Waals surface area contributed by atoms with Gasteiger partial charge in [0.1, 0.15) is 15.0 Å². The summed E-state index contributed by atoms with van der Waals surface area (Å²) in [6.07, 6.45) is 5.94. The maximum Gasteiger partial charge on any atom is 0.327 e. The van der Waals surface area contributed by atoms with Crippen LogP contribution in [0.25, 0.3) is 0 Å². The second-order valence-corrected chi connectivity index (χ2v) is 6.79. The number of amides is 1. The van der Waals surface area contributed by atoms with Gasteiger partial charge in [0, 0.05) is 26.4 Å². The second kappa shape index (κ2) is 9.58. The van der Waals surface area contributed by atoms with E-state index in [1.807, 2.05) is 0 Å². The van der Waals surface area contributed by atoms with Gasteiger partial charge in [-0.05, 0) is 44.7 Å². The van der Waals surface area contributed by atoms with Crippen LogP contribution in [-0.4, -0.2) is 32.4 Å². The lowest BCUT2D eigenvalue weighted by Gasteiger charge is -2.14. The van der Waals surface area contributed by atoms with Crippen molar-refractivity contribution in [1.29, 1.82) is 0 Å². The molecular formula is C15H17Br2N3O5. The van der Waals surface area contributed by atoms with Gasteiger partial charge in [-0.1, -0.05) is 0 Å². The first-order valence-corrected chi connectivity index (χ1v) is 8.90. The molecule has 0 aliphatic carbocycles. The van der Waals surface area contributed by atoms with Gasteiger partial charge >= 0.3 is 5.97 Å². The molecule has 136 valence electrons. The first-order chi connectivity index (χ1) is 11.7. The Morgan fingerprint density at radius 2 is 1.84 bits per heavy atom. The second-order valence-electron chi connectivity index (χ2n) is 5.21. The van der Waals surface area contributed by atoms with Gasteiger partial charge in [0.25, 0.3) is 11.1 Å². The minimum atomic E-state index is -1.19. The number of carboxylic acids is 1. The van der Waals surface area contributed by atoms with Gasteiger partial charge in [0.2, 0.25) is 5.91 Å². The molecule has 0 unspecified atom stereocenters. The van der Waals surface area contributed by atoms with Crippen LogP contribution in [0.1, 0.15) is 25.7 Å². The number of carboxylic acid groups (broad SMARTS) is 1. The van der Waals surface area contributed by atoms with Crippen LogP contribution in [0.15, 0.2) is 18.5 Å². The lowest BCUT2D eigenvalue weighted by molar-refractivity contribution is -0.141. The Hall–Kier alpha value is -1.86. The molecule has 0 spiro atoms. The summed E-state index contributed by atoms with van der Waals surface area (Å²) in [5.41, 5.74) is -0.721. The predicted octanol–water partition coefficient (Wildman–Crippen LogP) is 0.835. The molecule has 1 atom stereocenters. The molecule has 0 aliphatic rings. The summed E-state index contributed by atoms with van der Waals surface area (Å²) in [4.78, 5) is 46.8. The van der Waals surface area contributed by atoms with Crippen LogP contribution in [0, 0.1) is 12.3 Å². The maximum absolute atomic E-state index is 12.1. The van der Waals surface area contributed by atoms with Crippen LogP contribution in [0.3, 0.4) is 0 Å². The number of nitrogens with one attached hydrogen (secondary N) is 1. The largest absolute Gasteiger partial charge is 0.480 e. The molecule has 0 saturated heterocycles. The monoisotopic (exact) mass is 477 g/mol. The van der Waals surface area contributed by atoms with Gasteiger partial charge in [-0.2, -0.15) is 0 Å². The van der Waals surface area contributed by atoms with Gasteiger partial charge in [-0.15, -0.1) is 12.3 Å². The number of hydrogen-bond acceptors (Lipinski definition) is 4. The van der Waals surface area contributed by atoms with Crippen molar-refractivity contribution < 1.29 is 14.7 Å². The molecule has 8 nitrogen and oxygen atoms in total. The van der Waals surface area contributed by atoms with Gasteiger partial charge in [-0.3, -0.25) is 14.4 Å². The van der Waals surface area contributed by atoms with E-state index in [2.05, 4.69) is 43.1 Å². The first-order valence-electron chi connectivity index (χ1n) is 7.31. The first kappa shape index (κ1) is 21.2. The number of carbonyl (C=O) groups excluding carboxylic acids is 1. The molecule has 0 aromatic carbocycles. The Balaban J connectivity index is 2.61. The molecule has 1 aromatic heterocycles. The van der Waals surface area contributed by atoms with E-state index in [1.54, 1.807) is 0 Å². The summed E-state index contributed by atoms with van der Waals surface area (Å²) < 4.78 is 2.77. The molecule has 0 fully saturated rings.